The molecule has 0 bridgehead atoms. The largest absolute Gasteiger partial charge is 0.398 e. The van der Waals surface area contributed by atoms with Gasteiger partial charge in [0, 0.05) is 24.7 Å². The average Bonchev–Trinajstić information content (AvgIpc) is 2.59. The molecule has 2 rings (SSSR count). The lowest BCUT2D eigenvalue weighted by Gasteiger charge is -2.05. The van der Waals surface area contributed by atoms with Gasteiger partial charge < -0.3 is 5.73 Å². The van der Waals surface area contributed by atoms with Gasteiger partial charge in [-0.15, -0.1) is 11.3 Å². The van der Waals surface area contributed by atoms with Gasteiger partial charge in [0.2, 0.25) is 0 Å². The number of nitrogens with two attached hydrogens (primary N) is 1. The van der Waals surface area contributed by atoms with Crippen LogP contribution in [0, 0.1) is 3.57 Å². The maximum absolute atomic E-state index is 5.99. The first-order valence-electron chi connectivity index (χ1n) is 3.74. The van der Waals surface area contributed by atoms with Gasteiger partial charge in [-0.1, -0.05) is 15.9 Å². The highest BCUT2D eigenvalue weighted by Crippen LogP contribution is 2.33. The van der Waals surface area contributed by atoms with Gasteiger partial charge in [0.15, 0.2) is 0 Å². The summed E-state index contributed by atoms with van der Waals surface area (Å²) in [5, 5.41) is 4.19. The van der Waals surface area contributed by atoms with E-state index in [1.54, 1.807) is 11.3 Å². The van der Waals surface area contributed by atoms with E-state index in [9.17, 15) is 0 Å². The van der Waals surface area contributed by atoms with E-state index in [-0.39, 0.29) is 0 Å². The molecule has 0 saturated carbocycles. The number of thiophene rings is 1. The summed E-state index contributed by atoms with van der Waals surface area (Å²) in [6.07, 6.45) is 0. The second-order valence-corrected chi connectivity index (χ2v) is 5.32. The summed E-state index contributed by atoms with van der Waals surface area (Å²) in [6, 6.07) is 4.28. The van der Waals surface area contributed by atoms with Crippen molar-refractivity contribution < 1.29 is 0 Å². The third kappa shape index (κ3) is 1.59. The lowest BCUT2D eigenvalue weighted by molar-refractivity contribution is 1.46. The summed E-state index contributed by atoms with van der Waals surface area (Å²) in [5.74, 6) is 0. The highest BCUT2D eigenvalue weighted by Gasteiger charge is 2.08. The van der Waals surface area contributed by atoms with Crippen molar-refractivity contribution in [3.05, 3.63) is 26.6 Å². The fourth-order valence-electron chi connectivity index (χ4n) is 1.25. The van der Waals surface area contributed by atoms with Crippen LogP contribution < -0.4 is 5.73 Å². The second-order valence-electron chi connectivity index (χ2n) is 2.73. The zero-order valence-electron chi connectivity index (χ0n) is 6.68. The molecule has 0 spiro atoms. The minimum Gasteiger partial charge on any atom is -0.398 e. The maximum atomic E-state index is 5.99. The van der Waals surface area contributed by atoms with Crippen molar-refractivity contribution in [1.29, 1.82) is 0 Å². The van der Waals surface area contributed by atoms with Gasteiger partial charge in [0.1, 0.15) is 0 Å². The zero-order chi connectivity index (χ0) is 9.42. The lowest BCUT2D eigenvalue weighted by Crippen LogP contribution is -1.95. The van der Waals surface area contributed by atoms with Crippen molar-refractivity contribution in [2.75, 3.05) is 5.73 Å². The predicted molar refractivity (Wildman–Crippen MR) is 71.6 cm³/mol. The van der Waals surface area contributed by atoms with Crippen LogP contribution in [-0.2, 0) is 5.33 Å². The molecule has 2 aromatic rings. The van der Waals surface area contributed by atoms with Crippen LogP contribution in [0.15, 0.2) is 17.5 Å². The normalized spacial score (nSPS) is 10.9. The van der Waals surface area contributed by atoms with Crippen LogP contribution in [0.1, 0.15) is 5.56 Å². The molecule has 1 aromatic heterocycles. The van der Waals surface area contributed by atoms with Crippen LogP contribution >= 0.6 is 49.9 Å². The smallest absolute Gasteiger partial charge is 0.0498 e. The molecule has 1 nitrogen and oxygen atoms in total. The molecule has 0 atom stereocenters. The van der Waals surface area contributed by atoms with Crippen LogP contribution in [0.4, 0.5) is 5.69 Å². The molecule has 0 fully saturated rings. The Labute approximate surface area is 103 Å². The SMILES string of the molecule is Nc1c(CBr)cc2sccc2c1I. The first kappa shape index (κ1) is 9.73. The molecule has 1 heterocycles. The molecule has 1 aromatic carbocycles. The van der Waals surface area contributed by atoms with E-state index in [1.165, 1.54) is 19.2 Å². The minimum atomic E-state index is 0.822. The summed E-state index contributed by atoms with van der Waals surface area (Å²) in [4.78, 5) is 0. The Hall–Kier alpha value is 0.190. The minimum absolute atomic E-state index is 0.822. The van der Waals surface area contributed by atoms with Crippen LogP contribution in [0.3, 0.4) is 0 Å². The summed E-state index contributed by atoms with van der Waals surface area (Å²) < 4.78 is 2.49. The van der Waals surface area contributed by atoms with Crippen molar-refractivity contribution >= 4 is 65.6 Å². The molecular weight excluding hydrogens is 361 g/mol. The molecule has 13 heavy (non-hydrogen) atoms. The van der Waals surface area contributed by atoms with E-state index < -0.39 is 0 Å². The monoisotopic (exact) mass is 367 g/mol. The van der Waals surface area contributed by atoms with Crippen molar-refractivity contribution in [1.82, 2.24) is 0 Å². The third-order valence-corrected chi connectivity index (χ3v) is 4.59. The maximum Gasteiger partial charge on any atom is 0.0498 e. The van der Waals surface area contributed by atoms with Gasteiger partial charge in [-0.05, 0) is 45.7 Å². The van der Waals surface area contributed by atoms with Gasteiger partial charge in [0.25, 0.3) is 0 Å². The molecular formula is C9H7BrINS. The number of fused-ring (bicyclic) bond motifs is 1. The molecule has 0 aliphatic heterocycles. The summed E-state index contributed by atoms with van der Waals surface area (Å²) >= 11 is 7.51. The van der Waals surface area contributed by atoms with E-state index in [0.29, 0.717) is 0 Å². The topological polar surface area (TPSA) is 26.0 Å². The Morgan fingerprint density at radius 3 is 3.00 bits per heavy atom. The standard InChI is InChI=1S/C9H7BrINS/c10-4-5-3-7-6(1-2-13-7)8(11)9(5)12/h1-3H,4,12H2. The number of rotatable bonds is 1. The van der Waals surface area contributed by atoms with Crippen molar-refractivity contribution in [3.63, 3.8) is 0 Å². The molecule has 2 N–H and O–H groups in total. The highest BCUT2D eigenvalue weighted by molar-refractivity contribution is 14.1. The van der Waals surface area contributed by atoms with Crippen LogP contribution in [0.25, 0.3) is 10.1 Å². The van der Waals surface area contributed by atoms with Gasteiger partial charge in [-0.3, -0.25) is 0 Å². The van der Waals surface area contributed by atoms with Crippen molar-refractivity contribution in [2.24, 2.45) is 0 Å². The van der Waals surface area contributed by atoms with Gasteiger partial charge in [-0.25, -0.2) is 0 Å². The Bertz CT molecular complexity index is 452. The van der Waals surface area contributed by atoms with E-state index in [0.717, 1.165) is 11.0 Å². The number of hydrogen-bond acceptors (Lipinski definition) is 2. The van der Waals surface area contributed by atoms with E-state index in [2.05, 4.69) is 56.0 Å². The average molecular weight is 368 g/mol. The molecule has 0 amide bonds. The number of alkyl halides is 1. The van der Waals surface area contributed by atoms with Crippen LogP contribution in [0.2, 0.25) is 0 Å². The Morgan fingerprint density at radius 1 is 1.54 bits per heavy atom. The summed E-state index contributed by atoms with van der Waals surface area (Å²) in [7, 11) is 0. The first-order valence-corrected chi connectivity index (χ1v) is 6.82. The summed E-state index contributed by atoms with van der Waals surface area (Å²) in [6.45, 7) is 0. The van der Waals surface area contributed by atoms with Crippen molar-refractivity contribution in [2.45, 2.75) is 5.33 Å². The Balaban J connectivity index is 2.83. The molecule has 0 saturated heterocycles. The fraction of sp³-hybridized carbons (Fsp3) is 0.111. The van der Waals surface area contributed by atoms with E-state index in [4.69, 9.17) is 5.73 Å². The fourth-order valence-corrected chi connectivity index (χ4v) is 3.57. The predicted octanol–water partition coefficient (Wildman–Crippen LogP) is 3.98. The Kier molecular flexibility index (Phi) is 2.80. The molecule has 0 aliphatic rings. The van der Waals surface area contributed by atoms with Crippen LogP contribution in [0.5, 0.6) is 0 Å². The van der Waals surface area contributed by atoms with E-state index in [1.807, 2.05) is 0 Å². The van der Waals surface area contributed by atoms with E-state index >= 15 is 0 Å². The van der Waals surface area contributed by atoms with Gasteiger partial charge >= 0.3 is 0 Å². The van der Waals surface area contributed by atoms with Gasteiger partial charge in [0.05, 0.1) is 0 Å². The summed E-state index contributed by atoms with van der Waals surface area (Å²) in [5.41, 5.74) is 8.07. The molecule has 4 heteroatoms. The van der Waals surface area contributed by atoms with Gasteiger partial charge in [-0.2, -0.15) is 0 Å². The lowest BCUT2D eigenvalue weighted by atomic mass is 10.1. The number of halogens is 2. The van der Waals surface area contributed by atoms with Crippen LogP contribution in [-0.4, -0.2) is 0 Å². The van der Waals surface area contributed by atoms with Crippen molar-refractivity contribution in [3.8, 4) is 0 Å². The number of benzene rings is 1. The zero-order valence-corrected chi connectivity index (χ0v) is 11.2. The molecule has 0 aliphatic carbocycles. The third-order valence-electron chi connectivity index (χ3n) is 1.96. The number of hydrogen-bond donors (Lipinski definition) is 1. The molecule has 0 unspecified atom stereocenters. The number of nitrogen functional groups attached to an aromatic ring is 1. The molecule has 0 radical (unpaired) electrons. The number of anilines is 1. The second kappa shape index (κ2) is 3.74. The Morgan fingerprint density at radius 2 is 2.31 bits per heavy atom. The molecule has 68 valence electrons. The highest BCUT2D eigenvalue weighted by atomic mass is 127. The first-order chi connectivity index (χ1) is 6.24. The quantitative estimate of drug-likeness (QED) is 0.460.